The molecule has 1 fully saturated rings. The molecule has 0 bridgehead atoms. The predicted molar refractivity (Wildman–Crippen MR) is 95.4 cm³/mol. The number of rotatable bonds is 5. The van der Waals surface area contributed by atoms with E-state index in [9.17, 15) is 18.0 Å². The maximum atomic E-state index is 12.0. The third-order valence-electron chi connectivity index (χ3n) is 3.49. The number of hydrogen-bond acceptors (Lipinski definition) is 7. The molecule has 2 amide bonds. The highest BCUT2D eigenvalue weighted by Gasteiger charge is 2.21. The van der Waals surface area contributed by atoms with Crippen molar-refractivity contribution >= 4 is 59.4 Å². The Kier molecular flexibility index (Phi) is 4.79. The number of hydrogen-bond donors (Lipinski definition) is 1. The van der Waals surface area contributed by atoms with E-state index in [2.05, 4.69) is 10.3 Å². The van der Waals surface area contributed by atoms with Gasteiger partial charge in [-0.2, -0.15) is 0 Å². The van der Waals surface area contributed by atoms with Gasteiger partial charge in [0.15, 0.2) is 15.0 Å². The molecule has 1 aromatic heterocycles. The minimum absolute atomic E-state index is 0.0103. The van der Waals surface area contributed by atoms with E-state index in [-0.39, 0.29) is 22.5 Å². The zero-order valence-electron chi connectivity index (χ0n) is 12.8. The lowest BCUT2D eigenvalue weighted by Crippen LogP contribution is -2.27. The lowest BCUT2D eigenvalue weighted by Gasteiger charge is -2.13. The molecule has 10 heteroatoms. The van der Waals surface area contributed by atoms with Crippen molar-refractivity contribution in [1.29, 1.82) is 0 Å². The van der Waals surface area contributed by atoms with E-state index >= 15 is 0 Å². The molecule has 0 aliphatic carbocycles. The average Bonchev–Trinajstić information content (AvgIpc) is 3.08. The summed E-state index contributed by atoms with van der Waals surface area (Å²) in [5.41, 5.74) is 0.633. The van der Waals surface area contributed by atoms with Crippen LogP contribution in [0.15, 0.2) is 23.1 Å². The molecule has 128 valence electrons. The van der Waals surface area contributed by atoms with Crippen LogP contribution >= 0.6 is 23.1 Å². The topological polar surface area (TPSA) is 96.4 Å². The lowest BCUT2D eigenvalue weighted by atomic mass is 10.3. The molecule has 7 nitrogen and oxygen atoms in total. The second kappa shape index (κ2) is 6.69. The Labute approximate surface area is 147 Å². The van der Waals surface area contributed by atoms with Crippen LogP contribution in [0.25, 0.3) is 10.2 Å². The van der Waals surface area contributed by atoms with Crippen molar-refractivity contribution in [2.45, 2.75) is 11.3 Å². The van der Waals surface area contributed by atoms with Crippen LogP contribution < -0.4 is 5.32 Å². The molecule has 24 heavy (non-hydrogen) atoms. The Balaban J connectivity index is 1.66. The minimum atomic E-state index is -3.28. The molecule has 2 heterocycles. The second-order valence-electron chi connectivity index (χ2n) is 5.32. The highest BCUT2D eigenvalue weighted by molar-refractivity contribution is 8.13. The first-order valence-corrected chi connectivity index (χ1v) is 10.8. The Morgan fingerprint density at radius 3 is 2.88 bits per heavy atom. The summed E-state index contributed by atoms with van der Waals surface area (Å²) in [6.45, 7) is 1.06. The zero-order chi connectivity index (χ0) is 17.3. The first-order valence-electron chi connectivity index (χ1n) is 7.15. The summed E-state index contributed by atoms with van der Waals surface area (Å²) in [6.07, 6.45) is 1.35. The third kappa shape index (κ3) is 3.87. The van der Waals surface area contributed by atoms with Gasteiger partial charge in [0.1, 0.15) is 0 Å². The average molecular weight is 385 g/mol. The number of nitrogens with one attached hydrogen (secondary N) is 1. The van der Waals surface area contributed by atoms with Crippen LogP contribution in [-0.4, -0.2) is 54.5 Å². The molecular formula is C14H15N3O4S3. The van der Waals surface area contributed by atoms with Crippen LogP contribution in [0.1, 0.15) is 6.42 Å². The van der Waals surface area contributed by atoms with E-state index in [0.717, 1.165) is 12.0 Å². The molecule has 1 aliphatic rings. The van der Waals surface area contributed by atoms with Crippen LogP contribution in [0.5, 0.6) is 0 Å². The first kappa shape index (κ1) is 17.2. The van der Waals surface area contributed by atoms with E-state index < -0.39 is 9.84 Å². The molecule has 0 atom stereocenters. The van der Waals surface area contributed by atoms with Gasteiger partial charge in [0.05, 0.1) is 15.1 Å². The Hall–Kier alpha value is -1.65. The summed E-state index contributed by atoms with van der Waals surface area (Å²) < 4.78 is 23.9. The number of anilines is 1. The van der Waals surface area contributed by atoms with Gasteiger partial charge in [-0.15, -0.1) is 0 Å². The largest absolute Gasteiger partial charge is 0.332 e. The second-order valence-corrected chi connectivity index (χ2v) is 9.41. The number of carbonyl (C=O) groups is 2. The van der Waals surface area contributed by atoms with Crippen LogP contribution in [-0.2, 0) is 14.6 Å². The maximum absolute atomic E-state index is 12.0. The third-order valence-corrected chi connectivity index (χ3v) is 6.42. The number of carbonyl (C=O) groups excluding carboxylic acids is 2. The van der Waals surface area contributed by atoms with Crippen LogP contribution in [0.4, 0.5) is 9.93 Å². The first-order chi connectivity index (χ1) is 11.3. The number of aromatic nitrogens is 1. The van der Waals surface area contributed by atoms with Crippen molar-refractivity contribution in [3.63, 3.8) is 0 Å². The predicted octanol–water partition coefficient (Wildman–Crippen LogP) is 2.20. The van der Waals surface area contributed by atoms with Crippen LogP contribution in [0, 0.1) is 0 Å². The summed E-state index contributed by atoms with van der Waals surface area (Å²) in [7, 11) is -3.28. The normalized spacial score (nSPS) is 15.2. The molecule has 0 unspecified atom stereocenters. The number of benzene rings is 1. The number of thiazole rings is 1. The van der Waals surface area contributed by atoms with Gasteiger partial charge in [-0.1, -0.05) is 23.1 Å². The van der Waals surface area contributed by atoms with Gasteiger partial charge < -0.3 is 10.2 Å². The fourth-order valence-corrected chi connectivity index (χ4v) is 4.73. The molecule has 1 aromatic carbocycles. The molecule has 3 rings (SSSR count). The molecule has 1 aliphatic heterocycles. The number of fused-ring (bicyclic) bond motifs is 1. The molecule has 1 N–H and O–H groups in total. The SMILES string of the molecule is CS(=O)(=O)c1ccc2nc(NC(=O)CCN3CCSC3=O)sc2c1. The van der Waals surface area contributed by atoms with Crippen molar-refractivity contribution < 1.29 is 18.0 Å². The van der Waals surface area contributed by atoms with Gasteiger partial charge in [0.25, 0.3) is 5.24 Å². The smallest absolute Gasteiger partial charge is 0.281 e. The molecule has 1 saturated heterocycles. The van der Waals surface area contributed by atoms with Crippen molar-refractivity contribution in [3.8, 4) is 0 Å². The number of nitrogens with zero attached hydrogens (tertiary/aromatic N) is 2. The van der Waals surface area contributed by atoms with E-state index in [1.165, 1.54) is 29.2 Å². The van der Waals surface area contributed by atoms with Crippen LogP contribution in [0.2, 0.25) is 0 Å². The van der Waals surface area contributed by atoms with E-state index in [1.54, 1.807) is 17.0 Å². The standard InChI is InChI=1S/C14H15N3O4S3/c1-24(20,21)9-2-3-10-11(8-9)23-13(15-10)16-12(18)4-5-17-6-7-22-14(17)19/h2-3,8H,4-7H2,1H3,(H,15,16,18). The van der Waals surface area contributed by atoms with E-state index in [1.807, 2.05) is 0 Å². The van der Waals surface area contributed by atoms with Gasteiger partial charge >= 0.3 is 0 Å². The zero-order valence-corrected chi connectivity index (χ0v) is 15.3. The lowest BCUT2D eigenvalue weighted by molar-refractivity contribution is -0.116. The quantitative estimate of drug-likeness (QED) is 0.847. The molecule has 0 saturated carbocycles. The summed E-state index contributed by atoms with van der Waals surface area (Å²) in [5.74, 6) is 0.545. The highest BCUT2D eigenvalue weighted by atomic mass is 32.2. The fraction of sp³-hybridized carbons (Fsp3) is 0.357. The number of amides is 2. The van der Waals surface area contributed by atoms with Crippen LogP contribution in [0.3, 0.4) is 0 Å². The van der Waals surface area contributed by atoms with Gasteiger partial charge in [0, 0.05) is 31.5 Å². The maximum Gasteiger partial charge on any atom is 0.281 e. The monoisotopic (exact) mass is 385 g/mol. The number of thioether (sulfide) groups is 1. The Morgan fingerprint density at radius 2 is 2.21 bits per heavy atom. The fourth-order valence-electron chi connectivity index (χ4n) is 2.24. The molecule has 0 spiro atoms. The van der Waals surface area contributed by atoms with Crippen molar-refractivity contribution in [2.75, 3.05) is 30.4 Å². The number of sulfone groups is 1. The summed E-state index contributed by atoms with van der Waals surface area (Å²) in [5, 5.41) is 3.13. The summed E-state index contributed by atoms with van der Waals surface area (Å²) >= 11 is 2.49. The van der Waals surface area contributed by atoms with Gasteiger partial charge in [-0.3, -0.25) is 9.59 Å². The van der Waals surface area contributed by atoms with Gasteiger partial charge in [-0.05, 0) is 18.2 Å². The van der Waals surface area contributed by atoms with Crippen molar-refractivity contribution in [3.05, 3.63) is 18.2 Å². The molecule has 0 radical (unpaired) electrons. The summed E-state index contributed by atoms with van der Waals surface area (Å²) in [4.78, 5) is 29.6. The van der Waals surface area contributed by atoms with Crippen molar-refractivity contribution in [1.82, 2.24) is 9.88 Å². The minimum Gasteiger partial charge on any atom is -0.332 e. The van der Waals surface area contributed by atoms with E-state index in [4.69, 9.17) is 0 Å². The summed E-state index contributed by atoms with van der Waals surface area (Å²) in [6, 6.07) is 4.68. The van der Waals surface area contributed by atoms with Gasteiger partial charge in [0.2, 0.25) is 5.91 Å². The highest BCUT2D eigenvalue weighted by Crippen LogP contribution is 2.28. The van der Waals surface area contributed by atoms with Gasteiger partial charge in [-0.25, -0.2) is 13.4 Å². The Bertz CT molecular complexity index is 907. The molecule has 2 aromatic rings. The van der Waals surface area contributed by atoms with E-state index in [0.29, 0.717) is 28.4 Å². The van der Waals surface area contributed by atoms with Crippen molar-refractivity contribution in [2.24, 2.45) is 0 Å². The molecular weight excluding hydrogens is 370 g/mol. The Morgan fingerprint density at radius 1 is 1.42 bits per heavy atom.